The molecule has 2 rings (SSSR count). The van der Waals surface area contributed by atoms with E-state index in [1.807, 2.05) is 5.51 Å². The molecule has 2 heterocycles. The van der Waals surface area contributed by atoms with E-state index in [4.69, 9.17) is 0 Å². The lowest BCUT2D eigenvalue weighted by atomic mass is 9.96. The number of nitrogens with one attached hydrogen (secondary N) is 1. The summed E-state index contributed by atoms with van der Waals surface area (Å²) in [5.74, 6) is 0.883. The minimum absolute atomic E-state index is 0.883. The Morgan fingerprint density at radius 3 is 2.94 bits per heavy atom. The summed E-state index contributed by atoms with van der Waals surface area (Å²) >= 11 is 1.69. The van der Waals surface area contributed by atoms with Crippen LogP contribution in [0.5, 0.6) is 0 Å². The Morgan fingerprint density at radius 2 is 2.29 bits per heavy atom. The van der Waals surface area contributed by atoms with E-state index < -0.39 is 0 Å². The van der Waals surface area contributed by atoms with Crippen LogP contribution < -0.4 is 5.32 Å². The van der Waals surface area contributed by atoms with Gasteiger partial charge in [-0.2, -0.15) is 0 Å². The van der Waals surface area contributed by atoms with Gasteiger partial charge in [0.25, 0.3) is 0 Å². The van der Waals surface area contributed by atoms with Gasteiger partial charge in [-0.05, 0) is 51.4 Å². The van der Waals surface area contributed by atoms with Crippen LogP contribution in [0, 0.1) is 5.92 Å². The lowest BCUT2D eigenvalue weighted by Crippen LogP contribution is -2.37. The van der Waals surface area contributed by atoms with Crippen LogP contribution in [0.25, 0.3) is 0 Å². The number of piperidine rings is 1. The molecule has 0 amide bonds. The molecular weight excluding hydrogens is 230 g/mol. The van der Waals surface area contributed by atoms with E-state index in [1.54, 1.807) is 11.3 Å². The van der Waals surface area contributed by atoms with Crippen LogP contribution in [0.2, 0.25) is 0 Å². The number of aromatic nitrogens is 1. The molecule has 0 unspecified atom stereocenters. The Balaban J connectivity index is 1.64. The average Bonchev–Trinajstić information content (AvgIpc) is 2.85. The van der Waals surface area contributed by atoms with Crippen molar-refractivity contribution >= 4 is 11.3 Å². The minimum atomic E-state index is 0.883. The summed E-state index contributed by atoms with van der Waals surface area (Å²) in [6.07, 6.45) is 3.91. The van der Waals surface area contributed by atoms with E-state index in [2.05, 4.69) is 27.5 Å². The highest BCUT2D eigenvalue weighted by Crippen LogP contribution is 2.18. The molecule has 3 nitrogen and oxygen atoms in total. The Labute approximate surface area is 108 Å². The maximum absolute atomic E-state index is 4.35. The summed E-state index contributed by atoms with van der Waals surface area (Å²) in [7, 11) is 0. The number of hydrogen-bond donors (Lipinski definition) is 1. The molecule has 0 spiro atoms. The van der Waals surface area contributed by atoms with Crippen LogP contribution in [0.1, 0.15) is 31.9 Å². The summed E-state index contributed by atoms with van der Waals surface area (Å²) in [4.78, 5) is 6.89. The van der Waals surface area contributed by atoms with Crippen molar-refractivity contribution < 1.29 is 0 Å². The van der Waals surface area contributed by atoms with Gasteiger partial charge in [0.2, 0.25) is 0 Å². The van der Waals surface area contributed by atoms with Gasteiger partial charge in [0.1, 0.15) is 0 Å². The third-order valence-corrected chi connectivity index (χ3v) is 4.07. The summed E-state index contributed by atoms with van der Waals surface area (Å²) < 4.78 is 0. The van der Waals surface area contributed by atoms with Crippen LogP contribution in [0.4, 0.5) is 0 Å². The van der Waals surface area contributed by atoms with E-state index in [-0.39, 0.29) is 0 Å². The second-order valence-electron chi connectivity index (χ2n) is 4.90. The number of thiazole rings is 1. The second kappa shape index (κ2) is 7.09. The molecule has 0 aliphatic carbocycles. The number of likely N-dealkylation sites (tertiary alicyclic amines) is 1. The van der Waals surface area contributed by atoms with Gasteiger partial charge in [0.05, 0.1) is 11.2 Å². The Morgan fingerprint density at radius 1 is 1.47 bits per heavy atom. The van der Waals surface area contributed by atoms with E-state index in [9.17, 15) is 0 Å². The molecule has 1 aliphatic rings. The van der Waals surface area contributed by atoms with Crippen molar-refractivity contribution in [3.63, 3.8) is 0 Å². The summed E-state index contributed by atoms with van der Waals surface area (Å²) in [5.41, 5.74) is 3.16. The Hall–Kier alpha value is -0.450. The minimum Gasteiger partial charge on any atom is -0.316 e. The quantitative estimate of drug-likeness (QED) is 0.789. The first-order valence-corrected chi connectivity index (χ1v) is 7.63. The van der Waals surface area contributed by atoms with Gasteiger partial charge in [0, 0.05) is 11.9 Å². The zero-order valence-corrected chi connectivity index (χ0v) is 11.5. The van der Waals surface area contributed by atoms with Crippen molar-refractivity contribution in [2.24, 2.45) is 5.92 Å². The highest BCUT2D eigenvalue weighted by atomic mass is 32.1. The summed E-state index contributed by atoms with van der Waals surface area (Å²) in [6, 6.07) is 0. The molecule has 0 atom stereocenters. The monoisotopic (exact) mass is 253 g/mol. The fourth-order valence-electron chi connectivity index (χ4n) is 2.38. The predicted molar refractivity (Wildman–Crippen MR) is 73.3 cm³/mol. The summed E-state index contributed by atoms with van der Waals surface area (Å²) in [5, 5.41) is 5.70. The molecule has 17 heavy (non-hydrogen) atoms. The second-order valence-corrected chi connectivity index (χ2v) is 5.62. The molecule has 1 aromatic rings. The fraction of sp³-hybridized carbons (Fsp3) is 0.769. The van der Waals surface area contributed by atoms with E-state index in [0.29, 0.717) is 0 Å². The van der Waals surface area contributed by atoms with Gasteiger partial charge in [-0.15, -0.1) is 11.3 Å². The fourth-order valence-corrected chi connectivity index (χ4v) is 2.93. The van der Waals surface area contributed by atoms with Gasteiger partial charge in [-0.3, -0.25) is 4.90 Å². The van der Waals surface area contributed by atoms with Crippen LogP contribution in [0.15, 0.2) is 10.9 Å². The topological polar surface area (TPSA) is 28.2 Å². The third kappa shape index (κ3) is 4.37. The highest BCUT2D eigenvalue weighted by molar-refractivity contribution is 7.07. The normalized spacial score (nSPS) is 18.6. The molecule has 96 valence electrons. The van der Waals surface area contributed by atoms with Crippen LogP contribution >= 0.6 is 11.3 Å². The Bertz CT molecular complexity index is 292. The van der Waals surface area contributed by atoms with E-state index in [1.165, 1.54) is 51.1 Å². The highest BCUT2D eigenvalue weighted by Gasteiger charge is 2.19. The smallest absolute Gasteiger partial charge is 0.0795 e. The third-order valence-electron chi connectivity index (χ3n) is 3.44. The number of rotatable bonds is 6. The van der Waals surface area contributed by atoms with Crippen molar-refractivity contribution in [1.29, 1.82) is 0 Å². The van der Waals surface area contributed by atoms with Crippen molar-refractivity contribution in [2.45, 2.75) is 32.7 Å². The molecular formula is C13H23N3S. The van der Waals surface area contributed by atoms with Crippen molar-refractivity contribution in [3.8, 4) is 0 Å². The average molecular weight is 253 g/mol. The van der Waals surface area contributed by atoms with Gasteiger partial charge >= 0.3 is 0 Å². The Kier molecular flexibility index (Phi) is 5.42. The van der Waals surface area contributed by atoms with Crippen molar-refractivity contribution in [2.75, 3.05) is 26.2 Å². The van der Waals surface area contributed by atoms with Crippen molar-refractivity contribution in [1.82, 2.24) is 15.2 Å². The molecule has 1 fully saturated rings. The predicted octanol–water partition coefficient (Wildman–Crippen LogP) is 2.35. The lowest BCUT2D eigenvalue weighted by Gasteiger charge is -2.31. The lowest BCUT2D eigenvalue weighted by molar-refractivity contribution is 0.174. The first-order chi connectivity index (χ1) is 8.38. The largest absolute Gasteiger partial charge is 0.316 e. The molecule has 1 aromatic heterocycles. The van der Waals surface area contributed by atoms with Crippen LogP contribution in [-0.2, 0) is 6.54 Å². The van der Waals surface area contributed by atoms with Crippen molar-refractivity contribution in [3.05, 3.63) is 16.6 Å². The molecule has 0 radical (unpaired) electrons. The first kappa shape index (κ1) is 13.0. The SMILES string of the molecule is CCCNCC1CCN(Cc2cscn2)CC1. The zero-order valence-electron chi connectivity index (χ0n) is 10.7. The maximum Gasteiger partial charge on any atom is 0.0795 e. The molecule has 0 aromatic carbocycles. The van der Waals surface area contributed by atoms with Gasteiger partial charge in [-0.25, -0.2) is 4.98 Å². The zero-order chi connectivity index (χ0) is 11.9. The number of nitrogens with zero attached hydrogens (tertiary/aromatic N) is 2. The first-order valence-electron chi connectivity index (χ1n) is 6.68. The van der Waals surface area contributed by atoms with E-state index in [0.717, 1.165) is 12.5 Å². The van der Waals surface area contributed by atoms with Crippen LogP contribution in [0.3, 0.4) is 0 Å². The van der Waals surface area contributed by atoms with Crippen LogP contribution in [-0.4, -0.2) is 36.1 Å². The molecule has 0 bridgehead atoms. The van der Waals surface area contributed by atoms with Gasteiger partial charge in [0.15, 0.2) is 0 Å². The molecule has 4 heteroatoms. The number of hydrogen-bond acceptors (Lipinski definition) is 4. The molecule has 0 saturated carbocycles. The molecule has 1 N–H and O–H groups in total. The van der Waals surface area contributed by atoms with Gasteiger partial charge < -0.3 is 5.32 Å². The molecule has 1 saturated heterocycles. The molecule has 1 aliphatic heterocycles. The maximum atomic E-state index is 4.35. The summed E-state index contributed by atoms with van der Waals surface area (Å²) in [6.45, 7) is 8.10. The standard InChI is InChI=1S/C13H23N3S/c1-2-5-14-8-12-3-6-16(7-4-12)9-13-10-17-11-15-13/h10-12,14H,2-9H2,1H3. The van der Waals surface area contributed by atoms with Gasteiger partial charge in [-0.1, -0.05) is 6.92 Å². The van der Waals surface area contributed by atoms with E-state index >= 15 is 0 Å².